The summed E-state index contributed by atoms with van der Waals surface area (Å²) >= 11 is 0. The van der Waals surface area contributed by atoms with Crippen molar-refractivity contribution in [3.05, 3.63) is 22.4 Å². The number of nitrogens with zero attached hydrogens (tertiary/aromatic N) is 2. The second kappa shape index (κ2) is 6.34. The second-order valence-corrected chi connectivity index (χ2v) is 5.92. The van der Waals surface area contributed by atoms with E-state index in [0.717, 1.165) is 4.90 Å². The maximum atomic E-state index is 14.2. The van der Waals surface area contributed by atoms with Gasteiger partial charge in [0.25, 0.3) is 11.8 Å². The minimum Gasteiger partial charge on any atom is -0.381 e. The van der Waals surface area contributed by atoms with Gasteiger partial charge >= 0.3 is 11.6 Å². The fraction of sp³-hybridized carbons (Fsp3) is 0.643. The maximum Gasteiger partial charge on any atom is 0.329 e. The van der Waals surface area contributed by atoms with Gasteiger partial charge in [-0.05, 0) is 6.42 Å². The molecule has 0 spiro atoms. The van der Waals surface area contributed by atoms with E-state index in [9.17, 15) is 23.2 Å². The van der Waals surface area contributed by atoms with Gasteiger partial charge in [0.15, 0.2) is 0 Å². The SMILES string of the molecule is O=C(c1c[nH]c(=O)[nH]1)N1CCN(C(=O)C(F)(F)C2CCOC2)CC1. The summed E-state index contributed by atoms with van der Waals surface area (Å²) in [6.07, 6.45) is 1.43. The number of carbonyl (C=O) groups is 2. The Balaban J connectivity index is 1.59. The van der Waals surface area contributed by atoms with Crippen LogP contribution in [0, 0.1) is 5.92 Å². The van der Waals surface area contributed by atoms with Crippen LogP contribution in [0.25, 0.3) is 0 Å². The molecule has 24 heavy (non-hydrogen) atoms. The molecule has 0 aromatic carbocycles. The number of alkyl halides is 2. The van der Waals surface area contributed by atoms with E-state index in [4.69, 9.17) is 4.74 Å². The van der Waals surface area contributed by atoms with Gasteiger partial charge in [-0.15, -0.1) is 0 Å². The molecule has 0 aliphatic carbocycles. The first-order valence-corrected chi connectivity index (χ1v) is 7.71. The van der Waals surface area contributed by atoms with Crippen LogP contribution in [-0.4, -0.2) is 76.9 Å². The van der Waals surface area contributed by atoms with E-state index in [1.165, 1.54) is 11.1 Å². The summed E-state index contributed by atoms with van der Waals surface area (Å²) in [5.41, 5.74) is -0.390. The van der Waals surface area contributed by atoms with Crippen molar-refractivity contribution in [3.8, 4) is 0 Å². The molecule has 2 amide bonds. The molecule has 8 nitrogen and oxygen atoms in total. The highest BCUT2D eigenvalue weighted by Crippen LogP contribution is 2.33. The third kappa shape index (κ3) is 3.05. The predicted molar refractivity (Wildman–Crippen MR) is 77.8 cm³/mol. The number of piperazine rings is 1. The summed E-state index contributed by atoms with van der Waals surface area (Å²) in [4.78, 5) is 42.5. The Bertz CT molecular complexity index is 672. The number of amides is 2. The van der Waals surface area contributed by atoms with Crippen LogP contribution in [0.3, 0.4) is 0 Å². The average molecular weight is 344 g/mol. The quantitative estimate of drug-likeness (QED) is 0.784. The number of hydrogen-bond donors (Lipinski definition) is 2. The standard InChI is InChI=1S/C14H18F2N4O4/c15-14(16,9-1-6-24-8-9)12(22)20-4-2-19(3-5-20)11(21)10-7-17-13(23)18-10/h7,9H,1-6,8H2,(H2,17,18,23). The monoisotopic (exact) mass is 344 g/mol. The molecule has 132 valence electrons. The van der Waals surface area contributed by atoms with Gasteiger partial charge in [0, 0.05) is 39.0 Å². The number of aromatic nitrogens is 2. The molecule has 2 aliphatic rings. The van der Waals surface area contributed by atoms with Gasteiger partial charge in [-0.2, -0.15) is 8.78 Å². The number of carbonyl (C=O) groups excluding carboxylic acids is 2. The van der Waals surface area contributed by atoms with Crippen LogP contribution in [0.5, 0.6) is 0 Å². The number of nitrogens with one attached hydrogen (secondary N) is 2. The number of imidazole rings is 1. The van der Waals surface area contributed by atoms with Crippen molar-refractivity contribution in [3.63, 3.8) is 0 Å². The summed E-state index contributed by atoms with van der Waals surface area (Å²) in [5, 5.41) is 0. The lowest BCUT2D eigenvalue weighted by molar-refractivity contribution is -0.167. The van der Waals surface area contributed by atoms with Crippen LogP contribution in [0.1, 0.15) is 16.9 Å². The van der Waals surface area contributed by atoms with Crippen LogP contribution >= 0.6 is 0 Å². The van der Waals surface area contributed by atoms with Gasteiger partial charge in [-0.25, -0.2) is 4.79 Å². The van der Waals surface area contributed by atoms with E-state index in [2.05, 4.69) is 9.97 Å². The van der Waals surface area contributed by atoms with Crippen molar-refractivity contribution >= 4 is 11.8 Å². The van der Waals surface area contributed by atoms with Crippen molar-refractivity contribution in [1.29, 1.82) is 0 Å². The maximum absolute atomic E-state index is 14.2. The molecule has 1 aromatic rings. The van der Waals surface area contributed by atoms with Gasteiger partial charge in [0.05, 0.1) is 12.5 Å². The molecule has 1 aromatic heterocycles. The molecule has 2 N–H and O–H groups in total. The molecule has 0 radical (unpaired) electrons. The fourth-order valence-electron chi connectivity index (χ4n) is 2.94. The van der Waals surface area contributed by atoms with Crippen molar-refractivity contribution in [2.45, 2.75) is 12.3 Å². The van der Waals surface area contributed by atoms with Gasteiger partial charge < -0.3 is 24.5 Å². The number of hydrogen-bond acceptors (Lipinski definition) is 4. The first-order chi connectivity index (χ1) is 11.4. The summed E-state index contributed by atoms with van der Waals surface area (Å²) in [5.74, 6) is -6.15. The summed E-state index contributed by atoms with van der Waals surface area (Å²) in [6, 6.07) is 0. The highest BCUT2D eigenvalue weighted by molar-refractivity contribution is 5.92. The Hall–Kier alpha value is -2.23. The number of halogens is 2. The zero-order valence-corrected chi connectivity index (χ0v) is 12.9. The molecule has 3 rings (SSSR count). The number of H-pyrrole nitrogens is 2. The van der Waals surface area contributed by atoms with E-state index in [1.54, 1.807) is 0 Å². The Kier molecular flexibility index (Phi) is 4.39. The lowest BCUT2D eigenvalue weighted by Gasteiger charge is -2.36. The fourth-order valence-corrected chi connectivity index (χ4v) is 2.94. The van der Waals surface area contributed by atoms with Crippen molar-refractivity contribution < 1.29 is 23.1 Å². The zero-order valence-electron chi connectivity index (χ0n) is 12.9. The third-order valence-corrected chi connectivity index (χ3v) is 4.41. The van der Waals surface area contributed by atoms with Crippen LogP contribution in [0.4, 0.5) is 8.78 Å². The Morgan fingerprint density at radius 2 is 1.88 bits per heavy atom. The topological polar surface area (TPSA) is 98.5 Å². The van der Waals surface area contributed by atoms with Gasteiger partial charge in [0.2, 0.25) is 0 Å². The molecule has 2 saturated heterocycles. The summed E-state index contributed by atoms with van der Waals surface area (Å²) in [6.45, 7) is 0.456. The number of ether oxygens (including phenoxy) is 1. The van der Waals surface area contributed by atoms with E-state index in [0.29, 0.717) is 0 Å². The smallest absolute Gasteiger partial charge is 0.329 e. The molecule has 2 fully saturated rings. The number of aromatic amines is 2. The van der Waals surface area contributed by atoms with Crippen LogP contribution < -0.4 is 5.69 Å². The van der Waals surface area contributed by atoms with E-state index < -0.39 is 29.3 Å². The summed E-state index contributed by atoms with van der Waals surface area (Å²) in [7, 11) is 0. The Morgan fingerprint density at radius 1 is 1.21 bits per heavy atom. The highest BCUT2D eigenvalue weighted by Gasteiger charge is 2.51. The number of rotatable bonds is 3. The van der Waals surface area contributed by atoms with Crippen LogP contribution in [0.15, 0.2) is 11.0 Å². The van der Waals surface area contributed by atoms with Crippen LogP contribution in [-0.2, 0) is 9.53 Å². The molecule has 3 heterocycles. The van der Waals surface area contributed by atoms with Crippen molar-refractivity contribution in [1.82, 2.24) is 19.8 Å². The lowest BCUT2D eigenvalue weighted by Crippen LogP contribution is -2.56. The molecular formula is C14H18F2N4O4. The van der Waals surface area contributed by atoms with E-state index in [-0.39, 0.29) is 51.5 Å². The Morgan fingerprint density at radius 3 is 2.42 bits per heavy atom. The van der Waals surface area contributed by atoms with Gasteiger partial charge in [-0.3, -0.25) is 9.59 Å². The molecule has 10 heteroatoms. The van der Waals surface area contributed by atoms with Crippen LogP contribution in [0.2, 0.25) is 0 Å². The third-order valence-electron chi connectivity index (χ3n) is 4.41. The average Bonchev–Trinajstić information content (AvgIpc) is 3.25. The molecular weight excluding hydrogens is 326 g/mol. The first kappa shape index (κ1) is 16.6. The zero-order chi connectivity index (χ0) is 17.3. The normalized spacial score (nSPS) is 22.0. The molecule has 2 aliphatic heterocycles. The molecule has 1 atom stereocenters. The minimum atomic E-state index is -3.45. The van der Waals surface area contributed by atoms with Gasteiger partial charge in [0.1, 0.15) is 5.69 Å². The second-order valence-electron chi connectivity index (χ2n) is 5.92. The van der Waals surface area contributed by atoms with Crippen molar-refractivity contribution in [2.24, 2.45) is 5.92 Å². The van der Waals surface area contributed by atoms with Crippen molar-refractivity contribution in [2.75, 3.05) is 39.4 Å². The summed E-state index contributed by atoms with van der Waals surface area (Å²) < 4.78 is 33.4. The largest absolute Gasteiger partial charge is 0.381 e. The van der Waals surface area contributed by atoms with E-state index >= 15 is 0 Å². The molecule has 0 bridgehead atoms. The highest BCUT2D eigenvalue weighted by atomic mass is 19.3. The Labute approximate surface area is 135 Å². The predicted octanol–water partition coefficient (Wildman–Crippen LogP) is -0.341. The lowest BCUT2D eigenvalue weighted by atomic mass is 9.99. The van der Waals surface area contributed by atoms with Gasteiger partial charge in [-0.1, -0.05) is 0 Å². The first-order valence-electron chi connectivity index (χ1n) is 7.71. The molecule has 1 unspecified atom stereocenters. The molecule has 0 saturated carbocycles. The minimum absolute atomic E-state index is 0.0302. The van der Waals surface area contributed by atoms with E-state index in [1.807, 2.05) is 0 Å².